The summed E-state index contributed by atoms with van der Waals surface area (Å²) in [6.07, 6.45) is -8.42. The van der Waals surface area contributed by atoms with E-state index in [2.05, 4.69) is 30.2 Å². The van der Waals surface area contributed by atoms with Crippen molar-refractivity contribution in [1.82, 2.24) is 29.5 Å². The maximum atomic E-state index is 16.3. The van der Waals surface area contributed by atoms with E-state index >= 15 is 13.2 Å². The highest BCUT2D eigenvalue weighted by molar-refractivity contribution is 8.07. The van der Waals surface area contributed by atoms with Crippen molar-refractivity contribution in [2.45, 2.75) is 42.4 Å². The van der Waals surface area contributed by atoms with Crippen molar-refractivity contribution < 1.29 is 50.5 Å². The summed E-state index contributed by atoms with van der Waals surface area (Å²) in [6, 6.07) is 0. The maximum Gasteiger partial charge on any atom is 0.326 e. The van der Waals surface area contributed by atoms with Crippen LogP contribution in [-0.4, -0.2) is 95.7 Å². The number of aromatic amines is 1. The number of nitrogens with one attached hydrogen (secondary N) is 2. The van der Waals surface area contributed by atoms with E-state index in [1.165, 1.54) is 0 Å². The summed E-state index contributed by atoms with van der Waals surface area (Å²) in [5.41, 5.74) is 13.1. The molecule has 0 saturated carbocycles. The second kappa shape index (κ2) is 11.3. The van der Waals surface area contributed by atoms with Crippen LogP contribution < -0.4 is 28.1 Å². The van der Waals surface area contributed by atoms with Crippen LogP contribution in [0.4, 0.5) is 36.4 Å². The van der Waals surface area contributed by atoms with E-state index in [0.29, 0.717) is 0 Å². The number of anilines is 4. The summed E-state index contributed by atoms with van der Waals surface area (Å²) in [5, 5.41) is 2.29. The summed E-state index contributed by atoms with van der Waals surface area (Å²) in [6.45, 7) is -11.7. The number of ether oxygens (including phenoxy) is 2. The standard InChI is InChI=1S/C19H23F3N10O9P2S2/c20-10-6-1-37-42(34,44)40-11-7(39-16(19(11,21)22)29-13-8(23)12(24)26-4-27-13)2-38-43(35,45)41-18(10,3-36-6)32-5-28-9-14(32)30-17(25)31-15(9)33/h4-7,10-11,16H,1-3,23H2,(H,34,44)(H,35,45)(H3,24,26,27,29)(H3,25,30,31,33)/t6-,7-,10-,11-,16-,18+,42?,43?/m1/s1. The van der Waals surface area contributed by atoms with Crippen LogP contribution in [0.25, 0.3) is 11.2 Å². The predicted molar refractivity (Wildman–Crippen MR) is 154 cm³/mol. The van der Waals surface area contributed by atoms with Gasteiger partial charge in [-0.3, -0.25) is 23.4 Å². The zero-order valence-electron chi connectivity index (χ0n) is 22.2. The van der Waals surface area contributed by atoms with Gasteiger partial charge in [0.1, 0.15) is 24.2 Å². The first-order valence-electron chi connectivity index (χ1n) is 12.5. The Hall–Kier alpha value is -2.60. The minimum atomic E-state index is -4.63. The summed E-state index contributed by atoms with van der Waals surface area (Å²) in [4.78, 5) is 51.8. The van der Waals surface area contributed by atoms with Crippen LogP contribution in [0.15, 0.2) is 17.4 Å². The highest BCUT2D eigenvalue weighted by atomic mass is 32.5. The average Bonchev–Trinajstić information content (AvgIpc) is 3.58. The number of nitrogens with two attached hydrogens (primary N) is 3. The Morgan fingerprint density at radius 2 is 1.82 bits per heavy atom. The average molecular weight is 719 g/mol. The van der Waals surface area contributed by atoms with Crippen LogP contribution in [0.5, 0.6) is 0 Å². The number of halogens is 3. The summed E-state index contributed by atoms with van der Waals surface area (Å²) in [7, 11) is 0. The van der Waals surface area contributed by atoms with E-state index < -0.39 is 81.2 Å². The van der Waals surface area contributed by atoms with Crippen LogP contribution in [0.2, 0.25) is 0 Å². The smallest absolute Gasteiger partial charge is 0.326 e. The first-order valence-corrected chi connectivity index (χ1v) is 17.7. The quantitative estimate of drug-likeness (QED) is 0.167. The van der Waals surface area contributed by atoms with Gasteiger partial charge in [-0.2, -0.15) is 13.8 Å². The zero-order valence-corrected chi connectivity index (χ0v) is 25.6. The van der Waals surface area contributed by atoms with Crippen LogP contribution in [0.3, 0.4) is 0 Å². The fourth-order valence-electron chi connectivity index (χ4n) is 4.85. The molecule has 0 aromatic carbocycles. The molecule has 3 saturated heterocycles. The lowest BCUT2D eigenvalue weighted by molar-refractivity contribution is -0.0992. The molecule has 2 bridgehead atoms. The number of H-pyrrole nitrogens is 1. The van der Waals surface area contributed by atoms with Crippen molar-refractivity contribution in [2.75, 3.05) is 42.3 Å². The van der Waals surface area contributed by atoms with Gasteiger partial charge in [-0.25, -0.2) is 19.3 Å². The molecule has 6 rings (SSSR count). The van der Waals surface area contributed by atoms with Crippen molar-refractivity contribution in [1.29, 1.82) is 0 Å². The third-order valence-electron chi connectivity index (χ3n) is 6.98. The highest BCUT2D eigenvalue weighted by Gasteiger charge is 2.63. The maximum absolute atomic E-state index is 16.3. The normalized spacial score (nSPS) is 37.0. The van der Waals surface area contributed by atoms with Crippen molar-refractivity contribution in [3.63, 3.8) is 0 Å². The summed E-state index contributed by atoms with van der Waals surface area (Å²) >= 11 is 10.1. The fourth-order valence-corrected chi connectivity index (χ4v) is 7.87. The SMILES string of the molecule is Nc1nc2c(ncn2[C@@]23CO[C@H](COP(O)(=S)O[C@@H]4[C@@H](COP(O)(=S)O2)O[C@@H](Nc2ncnc(N)c2N)C4(F)F)[C@H]3F)c(=O)[nH]1. The molecule has 3 fully saturated rings. The molecule has 8 atom stereocenters. The monoisotopic (exact) mass is 718 g/mol. The largest absolute Gasteiger partial charge is 0.393 e. The second-order valence-electron chi connectivity index (χ2n) is 9.87. The number of alkyl halides is 3. The lowest BCUT2D eigenvalue weighted by Crippen LogP contribution is -2.46. The van der Waals surface area contributed by atoms with Gasteiger partial charge in [-0.1, -0.05) is 0 Å². The van der Waals surface area contributed by atoms with Gasteiger partial charge in [0.2, 0.25) is 11.7 Å². The molecule has 3 aliphatic heterocycles. The second-order valence-corrected chi connectivity index (χ2v) is 15.4. The zero-order chi connectivity index (χ0) is 32.5. The van der Waals surface area contributed by atoms with Gasteiger partial charge in [-0.15, -0.1) is 0 Å². The number of hydrogen-bond acceptors (Lipinski definition) is 17. The fraction of sp³-hybridized carbons (Fsp3) is 0.526. The van der Waals surface area contributed by atoms with Crippen molar-refractivity contribution >= 4 is 71.5 Å². The number of rotatable bonds is 3. The van der Waals surface area contributed by atoms with Crippen molar-refractivity contribution in [3.8, 4) is 0 Å². The van der Waals surface area contributed by atoms with Gasteiger partial charge < -0.3 is 50.8 Å². The first kappa shape index (κ1) is 32.3. The number of hydrogen-bond donors (Lipinski definition) is 7. The number of nitrogen functional groups attached to an aromatic ring is 3. The van der Waals surface area contributed by atoms with E-state index in [4.69, 9.17) is 68.4 Å². The Labute approximate surface area is 259 Å². The molecule has 3 aliphatic rings. The molecule has 10 N–H and O–H groups in total. The van der Waals surface area contributed by atoms with Crippen LogP contribution >= 0.6 is 13.4 Å². The molecular weight excluding hydrogens is 695 g/mol. The Morgan fingerprint density at radius 3 is 2.58 bits per heavy atom. The number of imidazole rings is 1. The van der Waals surface area contributed by atoms with E-state index in [1.54, 1.807) is 0 Å². The van der Waals surface area contributed by atoms with Gasteiger partial charge in [0.25, 0.3) is 5.56 Å². The Kier molecular flexibility index (Phi) is 8.11. The van der Waals surface area contributed by atoms with Gasteiger partial charge in [0.05, 0.1) is 26.1 Å². The lowest BCUT2D eigenvalue weighted by Gasteiger charge is -2.34. The Morgan fingerprint density at radius 1 is 1.11 bits per heavy atom. The van der Waals surface area contributed by atoms with Crippen LogP contribution in [0, 0.1) is 0 Å². The van der Waals surface area contributed by atoms with E-state index in [1.807, 2.05) is 0 Å². The van der Waals surface area contributed by atoms with E-state index in [-0.39, 0.29) is 34.4 Å². The first-order chi connectivity index (χ1) is 21.0. The third kappa shape index (κ3) is 5.79. The third-order valence-corrected chi connectivity index (χ3v) is 10.1. The number of aromatic nitrogens is 6. The number of fused-ring (bicyclic) bond motifs is 4. The lowest BCUT2D eigenvalue weighted by atomic mass is 10.1. The van der Waals surface area contributed by atoms with Gasteiger partial charge in [0.15, 0.2) is 41.3 Å². The van der Waals surface area contributed by atoms with Gasteiger partial charge >= 0.3 is 19.4 Å². The minimum Gasteiger partial charge on any atom is -0.393 e. The molecule has 246 valence electrons. The topological polar surface area (TPSA) is 275 Å². The molecule has 3 aromatic heterocycles. The molecule has 3 aromatic rings. The Balaban J connectivity index is 1.36. The molecule has 0 spiro atoms. The molecule has 2 unspecified atom stereocenters. The van der Waals surface area contributed by atoms with Crippen LogP contribution in [-0.2, 0) is 56.9 Å². The van der Waals surface area contributed by atoms with E-state index in [0.717, 1.165) is 17.2 Å². The van der Waals surface area contributed by atoms with Crippen molar-refractivity contribution in [3.05, 3.63) is 23.0 Å². The molecule has 0 aliphatic carbocycles. The summed E-state index contributed by atoms with van der Waals surface area (Å²) in [5.74, 6) is -4.90. The highest BCUT2D eigenvalue weighted by Crippen LogP contribution is 2.57. The van der Waals surface area contributed by atoms with Gasteiger partial charge in [0, 0.05) is 0 Å². The molecule has 0 radical (unpaired) electrons. The number of nitrogens with zero attached hydrogens (tertiary/aromatic N) is 5. The molecular formula is C19H23F3N10O9P2S2. The molecule has 26 heteroatoms. The van der Waals surface area contributed by atoms with Crippen LogP contribution in [0.1, 0.15) is 0 Å². The van der Waals surface area contributed by atoms with Gasteiger partial charge in [-0.05, 0) is 23.6 Å². The Bertz CT molecular complexity index is 1810. The van der Waals surface area contributed by atoms with Crippen molar-refractivity contribution in [2.24, 2.45) is 0 Å². The van der Waals surface area contributed by atoms with E-state index in [9.17, 15) is 14.6 Å². The molecule has 19 nitrogen and oxygen atoms in total. The molecule has 0 amide bonds. The summed E-state index contributed by atoms with van der Waals surface area (Å²) < 4.78 is 81.1. The molecule has 45 heavy (non-hydrogen) atoms. The minimum absolute atomic E-state index is 0.210. The predicted octanol–water partition coefficient (Wildman–Crippen LogP) is -0.600. The molecule has 6 heterocycles.